The van der Waals surface area contributed by atoms with Gasteiger partial charge in [0.25, 0.3) is 5.91 Å². The first-order valence-electron chi connectivity index (χ1n) is 9.44. The summed E-state index contributed by atoms with van der Waals surface area (Å²) in [5.41, 5.74) is -0.114. The van der Waals surface area contributed by atoms with Gasteiger partial charge >= 0.3 is 6.18 Å². The molecule has 4 heterocycles. The number of fused-ring (bicyclic) bond motifs is 1. The number of nitrogens with one attached hydrogen (secondary N) is 3. The Kier molecular flexibility index (Phi) is 5.90. The highest BCUT2D eigenvalue weighted by Crippen LogP contribution is 2.28. The van der Waals surface area contributed by atoms with E-state index < -0.39 is 42.1 Å². The topological polar surface area (TPSA) is 158 Å². The van der Waals surface area contributed by atoms with Crippen LogP contribution in [0.3, 0.4) is 0 Å². The summed E-state index contributed by atoms with van der Waals surface area (Å²) < 4.78 is 43.8. The molecule has 11 nitrogen and oxygen atoms in total. The third kappa shape index (κ3) is 4.61. The summed E-state index contributed by atoms with van der Waals surface area (Å²) in [7, 11) is 0. The van der Waals surface area contributed by atoms with Crippen molar-refractivity contribution in [1.29, 1.82) is 0 Å². The minimum Gasteiger partial charge on any atom is -0.388 e. The van der Waals surface area contributed by atoms with E-state index in [2.05, 4.69) is 35.6 Å². The molecule has 3 aromatic rings. The van der Waals surface area contributed by atoms with Crippen LogP contribution >= 0.6 is 0 Å². The summed E-state index contributed by atoms with van der Waals surface area (Å²) in [5, 5.41) is 25.9. The SMILES string of the molecule is O=C(NC[C@H]1OC[C@H](Nc2cncc(C(F)(F)F)n2)[C@@H](O)[C@H]1O)c1cnc2cc[nH]c2n1. The van der Waals surface area contributed by atoms with Crippen LogP contribution in [0.5, 0.6) is 0 Å². The molecule has 0 aromatic carbocycles. The van der Waals surface area contributed by atoms with Crippen molar-refractivity contribution < 1.29 is 32.9 Å². The Labute approximate surface area is 178 Å². The quantitative estimate of drug-likeness (QED) is 0.361. The first-order valence-corrected chi connectivity index (χ1v) is 9.44. The first kappa shape index (κ1) is 21.9. The maximum absolute atomic E-state index is 12.8. The molecule has 5 N–H and O–H groups in total. The van der Waals surface area contributed by atoms with E-state index in [0.29, 0.717) is 17.4 Å². The molecule has 14 heteroatoms. The number of aliphatic hydroxyl groups excluding tert-OH is 2. The molecule has 0 unspecified atom stereocenters. The highest BCUT2D eigenvalue weighted by molar-refractivity contribution is 5.93. The van der Waals surface area contributed by atoms with Crippen molar-refractivity contribution in [1.82, 2.24) is 30.2 Å². The van der Waals surface area contributed by atoms with Crippen molar-refractivity contribution in [3.05, 3.63) is 42.2 Å². The number of aromatic nitrogens is 5. The standard InChI is InChI=1S/C18H18F3N7O4/c19-18(20,21)12-5-22-6-13(28-12)26-10-7-32-11(15(30)14(10)29)4-25-17(31)9-3-24-8-1-2-23-16(8)27-9/h1-3,5-6,10-11,14-15,29-30H,4,7H2,(H,23,27)(H,25,31)(H,26,28)/t10-,11+,14+,15-/m0/s1. The van der Waals surface area contributed by atoms with E-state index in [1.807, 2.05) is 0 Å². The number of ether oxygens (including phenoxy) is 1. The van der Waals surface area contributed by atoms with Gasteiger partial charge in [-0.25, -0.2) is 9.97 Å². The Hall–Kier alpha value is -3.36. The fraction of sp³-hybridized carbons (Fsp3) is 0.389. The van der Waals surface area contributed by atoms with Gasteiger partial charge in [-0.2, -0.15) is 13.2 Å². The molecular weight excluding hydrogens is 435 g/mol. The van der Waals surface area contributed by atoms with Crippen LogP contribution in [0.4, 0.5) is 19.0 Å². The molecule has 3 aromatic heterocycles. The maximum Gasteiger partial charge on any atom is 0.434 e. The fourth-order valence-electron chi connectivity index (χ4n) is 3.17. The Morgan fingerprint density at radius 2 is 2.03 bits per heavy atom. The van der Waals surface area contributed by atoms with Crippen molar-refractivity contribution in [3.8, 4) is 0 Å². The van der Waals surface area contributed by atoms with Gasteiger partial charge in [-0.05, 0) is 6.07 Å². The van der Waals surface area contributed by atoms with E-state index in [1.165, 1.54) is 6.20 Å². The molecule has 1 aliphatic rings. The lowest BCUT2D eigenvalue weighted by Crippen LogP contribution is -2.58. The third-order valence-electron chi connectivity index (χ3n) is 4.85. The summed E-state index contributed by atoms with van der Waals surface area (Å²) in [6.07, 6.45) is -3.90. The number of H-pyrrole nitrogens is 1. The number of aromatic amines is 1. The van der Waals surface area contributed by atoms with Crippen LogP contribution in [0, 0.1) is 0 Å². The number of carbonyl (C=O) groups excluding carboxylic acids is 1. The second kappa shape index (κ2) is 8.64. The van der Waals surface area contributed by atoms with Gasteiger partial charge in [0, 0.05) is 12.7 Å². The Morgan fingerprint density at radius 3 is 2.81 bits per heavy atom. The monoisotopic (exact) mass is 453 g/mol. The van der Waals surface area contributed by atoms with Gasteiger partial charge in [-0.15, -0.1) is 0 Å². The molecular formula is C18H18F3N7O4. The van der Waals surface area contributed by atoms with Crippen molar-refractivity contribution in [2.24, 2.45) is 0 Å². The molecule has 4 rings (SSSR count). The number of hydrogen-bond acceptors (Lipinski definition) is 9. The molecule has 32 heavy (non-hydrogen) atoms. The molecule has 0 radical (unpaired) electrons. The molecule has 1 saturated heterocycles. The minimum absolute atomic E-state index is 0.0495. The second-order valence-electron chi connectivity index (χ2n) is 7.07. The first-order chi connectivity index (χ1) is 15.2. The number of alkyl halides is 3. The second-order valence-corrected chi connectivity index (χ2v) is 7.07. The van der Waals surface area contributed by atoms with Gasteiger partial charge in [0.2, 0.25) is 0 Å². The van der Waals surface area contributed by atoms with Crippen LogP contribution in [-0.2, 0) is 10.9 Å². The van der Waals surface area contributed by atoms with Gasteiger partial charge in [0.05, 0.1) is 31.2 Å². The minimum atomic E-state index is -4.68. The average Bonchev–Trinajstić information content (AvgIpc) is 3.24. The summed E-state index contributed by atoms with van der Waals surface area (Å²) in [6, 6.07) is 0.753. The number of aliphatic hydroxyl groups is 2. The summed E-state index contributed by atoms with van der Waals surface area (Å²) in [6.45, 7) is -0.303. The van der Waals surface area contributed by atoms with Crippen molar-refractivity contribution in [2.75, 3.05) is 18.5 Å². The molecule has 170 valence electrons. The van der Waals surface area contributed by atoms with E-state index in [9.17, 15) is 28.2 Å². The maximum atomic E-state index is 12.8. The highest BCUT2D eigenvalue weighted by atomic mass is 19.4. The zero-order valence-electron chi connectivity index (χ0n) is 16.2. The normalized spacial score (nSPS) is 23.8. The van der Waals surface area contributed by atoms with E-state index >= 15 is 0 Å². The average molecular weight is 453 g/mol. The van der Waals surface area contributed by atoms with Gasteiger partial charge in [-0.3, -0.25) is 14.8 Å². The van der Waals surface area contributed by atoms with Crippen LogP contribution in [0.1, 0.15) is 16.2 Å². The Bertz CT molecular complexity index is 1110. The molecule has 0 spiro atoms. The number of rotatable bonds is 5. The zero-order valence-corrected chi connectivity index (χ0v) is 16.2. The van der Waals surface area contributed by atoms with E-state index in [-0.39, 0.29) is 24.7 Å². The van der Waals surface area contributed by atoms with Crippen LogP contribution in [-0.4, -0.2) is 78.5 Å². The zero-order chi connectivity index (χ0) is 22.9. The number of anilines is 1. The number of amides is 1. The summed E-state index contributed by atoms with van der Waals surface area (Å²) in [4.78, 5) is 30.3. The molecule has 1 amide bonds. The van der Waals surface area contributed by atoms with Crippen molar-refractivity contribution >= 4 is 22.9 Å². The Balaban J connectivity index is 1.34. The van der Waals surface area contributed by atoms with Crippen LogP contribution in [0.15, 0.2) is 30.9 Å². The smallest absolute Gasteiger partial charge is 0.388 e. The van der Waals surface area contributed by atoms with Gasteiger partial charge in [-0.1, -0.05) is 0 Å². The number of halogens is 3. The van der Waals surface area contributed by atoms with Crippen molar-refractivity contribution in [2.45, 2.75) is 30.5 Å². The predicted molar refractivity (Wildman–Crippen MR) is 102 cm³/mol. The number of carbonyl (C=O) groups is 1. The van der Waals surface area contributed by atoms with Gasteiger partial charge < -0.3 is 30.6 Å². The van der Waals surface area contributed by atoms with Gasteiger partial charge in [0.15, 0.2) is 11.3 Å². The molecule has 0 aliphatic carbocycles. The summed E-state index contributed by atoms with van der Waals surface area (Å²) >= 11 is 0. The number of hydrogen-bond donors (Lipinski definition) is 5. The van der Waals surface area contributed by atoms with Gasteiger partial charge in [0.1, 0.15) is 35.3 Å². The lowest BCUT2D eigenvalue weighted by Gasteiger charge is -2.38. The molecule has 4 atom stereocenters. The van der Waals surface area contributed by atoms with E-state index in [1.54, 1.807) is 12.3 Å². The van der Waals surface area contributed by atoms with Crippen molar-refractivity contribution in [3.63, 3.8) is 0 Å². The largest absolute Gasteiger partial charge is 0.434 e. The lowest BCUT2D eigenvalue weighted by atomic mass is 9.98. The lowest BCUT2D eigenvalue weighted by molar-refractivity contribution is -0.141. The third-order valence-corrected chi connectivity index (χ3v) is 4.85. The van der Waals surface area contributed by atoms with E-state index in [0.717, 1.165) is 6.20 Å². The van der Waals surface area contributed by atoms with Crippen LogP contribution in [0.25, 0.3) is 11.2 Å². The molecule has 0 saturated carbocycles. The summed E-state index contributed by atoms with van der Waals surface area (Å²) in [5.74, 6) is -0.788. The van der Waals surface area contributed by atoms with Crippen LogP contribution in [0.2, 0.25) is 0 Å². The predicted octanol–water partition coefficient (Wildman–Crippen LogP) is 0.0978. The fourth-order valence-corrected chi connectivity index (χ4v) is 3.17. The number of nitrogens with zero attached hydrogens (tertiary/aromatic N) is 4. The van der Waals surface area contributed by atoms with E-state index in [4.69, 9.17) is 4.74 Å². The molecule has 1 aliphatic heterocycles. The highest BCUT2D eigenvalue weighted by Gasteiger charge is 2.39. The molecule has 0 bridgehead atoms. The van der Waals surface area contributed by atoms with Crippen LogP contribution < -0.4 is 10.6 Å². The Morgan fingerprint density at radius 1 is 1.22 bits per heavy atom. The molecule has 1 fully saturated rings.